The van der Waals surface area contributed by atoms with Crippen molar-refractivity contribution < 1.29 is 9.47 Å². The molecule has 0 saturated heterocycles. The molecule has 19 heavy (non-hydrogen) atoms. The van der Waals surface area contributed by atoms with Crippen LogP contribution in [-0.4, -0.2) is 6.79 Å². The van der Waals surface area contributed by atoms with Crippen molar-refractivity contribution in [3.8, 4) is 5.75 Å². The van der Waals surface area contributed by atoms with Crippen molar-refractivity contribution in [2.75, 3.05) is 12.5 Å². The number of hydrogen-bond acceptors (Lipinski definition) is 3. The minimum atomic E-state index is 0.235. The summed E-state index contributed by atoms with van der Waals surface area (Å²) >= 11 is 0. The van der Waals surface area contributed by atoms with Crippen molar-refractivity contribution in [2.45, 2.75) is 20.5 Å². The molecule has 0 heterocycles. The van der Waals surface area contributed by atoms with Gasteiger partial charge in [-0.2, -0.15) is 0 Å². The first-order chi connectivity index (χ1) is 9.16. The maximum Gasteiger partial charge on any atom is 0.189 e. The van der Waals surface area contributed by atoms with Gasteiger partial charge in [0, 0.05) is 5.69 Å². The molecule has 0 aliphatic carbocycles. The summed E-state index contributed by atoms with van der Waals surface area (Å²) in [6.07, 6.45) is 0. The van der Waals surface area contributed by atoms with Crippen LogP contribution in [0, 0.1) is 13.8 Å². The summed E-state index contributed by atoms with van der Waals surface area (Å²) in [4.78, 5) is 0. The van der Waals surface area contributed by atoms with E-state index in [1.807, 2.05) is 56.3 Å². The van der Waals surface area contributed by atoms with Gasteiger partial charge in [-0.15, -0.1) is 0 Å². The monoisotopic (exact) mass is 257 g/mol. The van der Waals surface area contributed by atoms with E-state index >= 15 is 0 Å². The number of rotatable bonds is 5. The Labute approximate surface area is 114 Å². The summed E-state index contributed by atoms with van der Waals surface area (Å²) < 4.78 is 11.1. The van der Waals surface area contributed by atoms with Crippen molar-refractivity contribution in [1.29, 1.82) is 0 Å². The number of hydrogen-bond donors (Lipinski definition) is 1. The first-order valence-electron chi connectivity index (χ1n) is 6.28. The van der Waals surface area contributed by atoms with E-state index in [0.717, 1.165) is 28.1 Å². The average molecular weight is 257 g/mol. The van der Waals surface area contributed by atoms with E-state index in [4.69, 9.17) is 15.2 Å². The van der Waals surface area contributed by atoms with Crippen molar-refractivity contribution >= 4 is 5.69 Å². The summed E-state index contributed by atoms with van der Waals surface area (Å²) in [7, 11) is 0. The highest BCUT2D eigenvalue weighted by Crippen LogP contribution is 2.24. The Hall–Kier alpha value is -2.00. The minimum Gasteiger partial charge on any atom is -0.467 e. The van der Waals surface area contributed by atoms with E-state index < -0.39 is 0 Å². The average Bonchev–Trinajstić information content (AvgIpc) is 2.41. The molecule has 0 atom stereocenters. The molecule has 3 heteroatoms. The van der Waals surface area contributed by atoms with Crippen molar-refractivity contribution in [3.63, 3.8) is 0 Å². The van der Waals surface area contributed by atoms with E-state index in [9.17, 15) is 0 Å². The van der Waals surface area contributed by atoms with Crippen LogP contribution in [0.5, 0.6) is 5.75 Å². The molecule has 0 spiro atoms. The lowest BCUT2D eigenvalue weighted by molar-refractivity contribution is 0.00467. The fourth-order valence-corrected chi connectivity index (χ4v) is 1.81. The lowest BCUT2D eigenvalue weighted by Crippen LogP contribution is -2.04. The molecular weight excluding hydrogens is 238 g/mol. The topological polar surface area (TPSA) is 44.5 Å². The van der Waals surface area contributed by atoms with Crippen LogP contribution in [0.1, 0.15) is 16.7 Å². The molecule has 2 aromatic rings. The molecule has 2 aromatic carbocycles. The maximum absolute atomic E-state index is 5.83. The highest BCUT2D eigenvalue weighted by molar-refractivity contribution is 5.53. The zero-order valence-electron chi connectivity index (χ0n) is 11.3. The van der Waals surface area contributed by atoms with E-state index in [2.05, 4.69) is 0 Å². The molecule has 0 amide bonds. The second-order valence-corrected chi connectivity index (χ2v) is 4.57. The first-order valence-corrected chi connectivity index (χ1v) is 6.28. The molecule has 3 nitrogen and oxygen atoms in total. The number of nitrogen functional groups attached to an aromatic ring is 1. The lowest BCUT2D eigenvalue weighted by Gasteiger charge is -2.12. The van der Waals surface area contributed by atoms with E-state index in [1.165, 1.54) is 0 Å². The van der Waals surface area contributed by atoms with Gasteiger partial charge in [-0.1, -0.05) is 30.3 Å². The van der Waals surface area contributed by atoms with Gasteiger partial charge in [0.25, 0.3) is 0 Å². The zero-order valence-corrected chi connectivity index (χ0v) is 11.3. The molecule has 100 valence electrons. The Morgan fingerprint density at radius 3 is 2.47 bits per heavy atom. The van der Waals surface area contributed by atoms with Crippen molar-refractivity contribution in [3.05, 3.63) is 59.2 Å². The standard InChI is InChI=1S/C16H19NO2/c1-12-9-16(13(2)8-15(12)17)19-11-18-10-14-6-4-3-5-7-14/h3-9H,10-11,17H2,1-2H3. The zero-order chi connectivity index (χ0) is 13.7. The highest BCUT2D eigenvalue weighted by Gasteiger charge is 2.03. The number of aryl methyl sites for hydroxylation is 2. The third-order valence-electron chi connectivity index (χ3n) is 2.97. The number of benzene rings is 2. The van der Waals surface area contributed by atoms with Crippen LogP contribution in [0.3, 0.4) is 0 Å². The Balaban J connectivity index is 1.85. The third-order valence-corrected chi connectivity index (χ3v) is 2.97. The van der Waals surface area contributed by atoms with Gasteiger partial charge >= 0.3 is 0 Å². The van der Waals surface area contributed by atoms with Crippen LogP contribution in [-0.2, 0) is 11.3 Å². The van der Waals surface area contributed by atoms with Crippen LogP contribution in [0.15, 0.2) is 42.5 Å². The number of anilines is 1. The number of ether oxygens (including phenoxy) is 2. The van der Waals surface area contributed by atoms with Crippen molar-refractivity contribution in [2.24, 2.45) is 0 Å². The Morgan fingerprint density at radius 2 is 1.74 bits per heavy atom. The third kappa shape index (κ3) is 3.73. The molecule has 0 aliphatic heterocycles. The van der Waals surface area contributed by atoms with Gasteiger partial charge in [-0.25, -0.2) is 0 Å². The molecule has 0 saturated carbocycles. The van der Waals surface area contributed by atoms with Gasteiger partial charge < -0.3 is 15.2 Å². The summed E-state index contributed by atoms with van der Waals surface area (Å²) in [6.45, 7) is 4.72. The van der Waals surface area contributed by atoms with Crippen LogP contribution in [0.4, 0.5) is 5.69 Å². The maximum atomic E-state index is 5.83. The largest absolute Gasteiger partial charge is 0.467 e. The summed E-state index contributed by atoms with van der Waals surface area (Å²) in [5, 5.41) is 0. The molecule has 2 N–H and O–H groups in total. The molecule has 2 rings (SSSR count). The van der Waals surface area contributed by atoms with Crippen molar-refractivity contribution in [1.82, 2.24) is 0 Å². The minimum absolute atomic E-state index is 0.235. The summed E-state index contributed by atoms with van der Waals surface area (Å²) in [5.41, 5.74) is 9.79. The molecule has 0 fully saturated rings. The fraction of sp³-hybridized carbons (Fsp3) is 0.250. The molecule has 0 radical (unpaired) electrons. The van der Waals surface area contributed by atoms with Crippen LogP contribution >= 0.6 is 0 Å². The number of nitrogens with two attached hydrogens (primary N) is 1. The molecule has 0 aliphatic rings. The van der Waals surface area contributed by atoms with Gasteiger partial charge in [-0.3, -0.25) is 0 Å². The van der Waals surface area contributed by atoms with E-state index in [-0.39, 0.29) is 6.79 Å². The van der Waals surface area contributed by atoms with Gasteiger partial charge in [0.05, 0.1) is 6.61 Å². The Kier molecular flexibility index (Phi) is 4.42. The van der Waals surface area contributed by atoms with Gasteiger partial charge in [0.2, 0.25) is 0 Å². The lowest BCUT2D eigenvalue weighted by atomic mass is 10.1. The Bertz CT molecular complexity index is 538. The SMILES string of the molecule is Cc1cc(OCOCc2ccccc2)c(C)cc1N. The van der Waals surface area contributed by atoms with Gasteiger partial charge in [0.1, 0.15) is 5.75 Å². The van der Waals surface area contributed by atoms with E-state index in [0.29, 0.717) is 6.61 Å². The molecule has 0 bridgehead atoms. The predicted octanol–water partition coefficient (Wildman–Crippen LogP) is 3.44. The van der Waals surface area contributed by atoms with Gasteiger partial charge in [-0.05, 0) is 42.7 Å². The van der Waals surface area contributed by atoms with Gasteiger partial charge in [0.15, 0.2) is 6.79 Å². The normalized spacial score (nSPS) is 10.4. The van der Waals surface area contributed by atoms with Crippen LogP contribution < -0.4 is 10.5 Å². The molecule has 0 aromatic heterocycles. The highest BCUT2D eigenvalue weighted by atomic mass is 16.7. The summed E-state index contributed by atoms with van der Waals surface area (Å²) in [6, 6.07) is 13.9. The molecular formula is C16H19NO2. The second-order valence-electron chi connectivity index (χ2n) is 4.57. The quantitative estimate of drug-likeness (QED) is 0.507. The Morgan fingerprint density at radius 1 is 1.00 bits per heavy atom. The predicted molar refractivity (Wildman–Crippen MR) is 77.1 cm³/mol. The van der Waals surface area contributed by atoms with Crippen LogP contribution in [0.2, 0.25) is 0 Å². The second kappa shape index (κ2) is 6.25. The molecule has 0 unspecified atom stereocenters. The summed E-state index contributed by atoms with van der Waals surface area (Å²) in [5.74, 6) is 0.819. The first kappa shape index (κ1) is 13.4. The van der Waals surface area contributed by atoms with Crippen LogP contribution in [0.25, 0.3) is 0 Å². The fourth-order valence-electron chi connectivity index (χ4n) is 1.81. The van der Waals surface area contributed by atoms with E-state index in [1.54, 1.807) is 0 Å². The smallest absolute Gasteiger partial charge is 0.189 e.